The largest absolute Gasteiger partial charge is 0.345 e. The maximum atomic E-state index is 15.0. The lowest BCUT2D eigenvalue weighted by Crippen LogP contribution is -2.09. The number of benzene rings is 1. The molecule has 5 nitrogen and oxygen atoms in total. The molecule has 8 heteroatoms. The molecule has 3 heterocycles. The molecular formula is C23H20F2N4OS. The van der Waals surface area contributed by atoms with Crippen LogP contribution in [0.15, 0.2) is 48.9 Å². The van der Waals surface area contributed by atoms with E-state index in [1.165, 1.54) is 24.2 Å². The summed E-state index contributed by atoms with van der Waals surface area (Å²) in [5.41, 5.74) is 2.56. The Balaban J connectivity index is 1.75. The SMILES string of the molecule is CCCSNc1ccc(F)c(C(=O)c2c[nH]c3ncc(-c4ccc(C)nc4)cc23)c1F. The number of anilines is 1. The molecule has 2 N–H and O–H groups in total. The maximum Gasteiger partial charge on any atom is 0.201 e. The number of hydrogen-bond donors (Lipinski definition) is 2. The summed E-state index contributed by atoms with van der Waals surface area (Å²) in [6.45, 7) is 3.89. The highest BCUT2D eigenvalue weighted by atomic mass is 32.2. The number of fused-ring (bicyclic) bond motifs is 1. The number of carbonyl (C=O) groups is 1. The third kappa shape index (κ3) is 4.16. The van der Waals surface area contributed by atoms with Gasteiger partial charge in [0.15, 0.2) is 5.82 Å². The van der Waals surface area contributed by atoms with Gasteiger partial charge in [-0.3, -0.25) is 9.78 Å². The van der Waals surface area contributed by atoms with E-state index >= 15 is 4.39 Å². The van der Waals surface area contributed by atoms with Crippen molar-refractivity contribution in [1.82, 2.24) is 15.0 Å². The van der Waals surface area contributed by atoms with E-state index in [0.29, 0.717) is 11.0 Å². The molecule has 1 aromatic carbocycles. The molecular weight excluding hydrogens is 418 g/mol. The summed E-state index contributed by atoms with van der Waals surface area (Å²) in [4.78, 5) is 24.7. The van der Waals surface area contributed by atoms with E-state index < -0.39 is 23.0 Å². The number of hydrogen-bond acceptors (Lipinski definition) is 5. The number of rotatable bonds is 7. The molecule has 0 saturated heterocycles. The minimum atomic E-state index is -0.908. The zero-order chi connectivity index (χ0) is 22.0. The molecule has 0 unspecified atom stereocenters. The van der Waals surface area contributed by atoms with Crippen LogP contribution in [0, 0.1) is 18.6 Å². The van der Waals surface area contributed by atoms with E-state index in [1.807, 2.05) is 26.0 Å². The Morgan fingerprint density at radius 1 is 1.13 bits per heavy atom. The van der Waals surface area contributed by atoms with Crippen LogP contribution >= 0.6 is 11.9 Å². The van der Waals surface area contributed by atoms with Gasteiger partial charge in [-0.15, -0.1) is 0 Å². The number of aromatic nitrogens is 3. The molecule has 0 aliphatic rings. The average molecular weight is 439 g/mol. The van der Waals surface area contributed by atoms with Crippen molar-refractivity contribution in [3.05, 3.63) is 77.4 Å². The summed E-state index contributed by atoms with van der Waals surface area (Å²) in [6.07, 6.45) is 5.71. The predicted molar refractivity (Wildman–Crippen MR) is 120 cm³/mol. The summed E-state index contributed by atoms with van der Waals surface area (Å²) in [6, 6.07) is 7.95. The van der Waals surface area contributed by atoms with Crippen LogP contribution in [0.1, 0.15) is 35.0 Å². The first-order valence-electron chi connectivity index (χ1n) is 9.80. The Kier molecular flexibility index (Phi) is 5.99. The van der Waals surface area contributed by atoms with Gasteiger partial charge in [0.1, 0.15) is 11.5 Å². The highest BCUT2D eigenvalue weighted by molar-refractivity contribution is 8.00. The predicted octanol–water partition coefficient (Wildman–Crippen LogP) is 5.91. The zero-order valence-corrected chi connectivity index (χ0v) is 17.8. The molecule has 0 saturated carbocycles. The number of aryl methyl sites for hydroxylation is 1. The molecule has 0 aliphatic carbocycles. The number of nitrogens with one attached hydrogen (secondary N) is 2. The fourth-order valence-electron chi connectivity index (χ4n) is 3.19. The second-order valence-corrected chi connectivity index (χ2v) is 7.98. The molecule has 0 amide bonds. The molecule has 158 valence electrons. The van der Waals surface area contributed by atoms with Crippen LogP contribution in [0.3, 0.4) is 0 Å². The number of H-pyrrole nitrogens is 1. The summed E-state index contributed by atoms with van der Waals surface area (Å²) >= 11 is 1.30. The van der Waals surface area contributed by atoms with E-state index in [2.05, 4.69) is 19.7 Å². The van der Waals surface area contributed by atoms with Gasteiger partial charge < -0.3 is 9.71 Å². The first-order valence-corrected chi connectivity index (χ1v) is 10.8. The third-order valence-electron chi connectivity index (χ3n) is 4.83. The standard InChI is InChI=1S/C23H20F2N4OS/c1-3-8-31-29-19-7-6-18(24)20(21(19)25)22(30)17-12-28-23-16(17)9-15(11-27-23)14-5-4-13(2)26-10-14/h4-7,9-12,29H,3,8H2,1-2H3,(H,27,28). The van der Waals surface area contributed by atoms with Gasteiger partial charge in [-0.2, -0.15) is 0 Å². The Labute approximate surface area is 182 Å². The van der Waals surface area contributed by atoms with Crippen molar-refractivity contribution in [3.63, 3.8) is 0 Å². The minimum Gasteiger partial charge on any atom is -0.345 e. The second kappa shape index (κ2) is 8.85. The maximum absolute atomic E-state index is 15.0. The van der Waals surface area contributed by atoms with Gasteiger partial charge in [0, 0.05) is 52.1 Å². The van der Waals surface area contributed by atoms with Crippen LogP contribution in [-0.2, 0) is 0 Å². The molecule has 4 rings (SSSR count). The Hall–Kier alpha value is -3.26. The lowest BCUT2D eigenvalue weighted by molar-refractivity contribution is 0.103. The van der Waals surface area contributed by atoms with Gasteiger partial charge in [0.05, 0.1) is 11.3 Å². The van der Waals surface area contributed by atoms with E-state index in [9.17, 15) is 9.18 Å². The number of halogens is 2. The summed E-state index contributed by atoms with van der Waals surface area (Å²) in [5.74, 6) is -1.80. The molecule has 4 aromatic rings. The highest BCUT2D eigenvalue weighted by Crippen LogP contribution is 2.30. The second-order valence-electron chi connectivity index (χ2n) is 7.07. The number of carbonyl (C=O) groups excluding carboxylic acids is 1. The molecule has 0 aliphatic heterocycles. The Bertz CT molecular complexity index is 1250. The van der Waals surface area contributed by atoms with Crippen molar-refractivity contribution < 1.29 is 13.6 Å². The van der Waals surface area contributed by atoms with E-state index in [4.69, 9.17) is 0 Å². The molecule has 31 heavy (non-hydrogen) atoms. The van der Waals surface area contributed by atoms with E-state index in [0.717, 1.165) is 35.1 Å². The number of aromatic amines is 1. The van der Waals surface area contributed by atoms with Crippen molar-refractivity contribution >= 4 is 34.5 Å². The number of pyridine rings is 2. The summed E-state index contributed by atoms with van der Waals surface area (Å²) in [5, 5.41) is 0.487. The topological polar surface area (TPSA) is 70.7 Å². The Morgan fingerprint density at radius 2 is 1.94 bits per heavy atom. The van der Waals surface area contributed by atoms with Gasteiger partial charge in [0.25, 0.3) is 0 Å². The van der Waals surface area contributed by atoms with Crippen LogP contribution in [-0.4, -0.2) is 26.5 Å². The molecule has 0 atom stereocenters. The van der Waals surface area contributed by atoms with Gasteiger partial charge in [-0.1, -0.05) is 24.9 Å². The van der Waals surface area contributed by atoms with Crippen molar-refractivity contribution in [1.29, 1.82) is 0 Å². The third-order valence-corrected chi connectivity index (χ3v) is 5.80. The van der Waals surface area contributed by atoms with E-state index in [-0.39, 0.29) is 11.3 Å². The van der Waals surface area contributed by atoms with Gasteiger partial charge >= 0.3 is 0 Å². The minimum absolute atomic E-state index is 0.0765. The van der Waals surface area contributed by atoms with Crippen molar-refractivity contribution in [2.45, 2.75) is 20.3 Å². The summed E-state index contributed by atoms with van der Waals surface area (Å²) in [7, 11) is 0. The smallest absolute Gasteiger partial charge is 0.201 e. The molecule has 3 aromatic heterocycles. The van der Waals surface area contributed by atoms with Gasteiger partial charge in [-0.25, -0.2) is 13.8 Å². The fraction of sp³-hybridized carbons (Fsp3) is 0.174. The lowest BCUT2D eigenvalue weighted by atomic mass is 10.00. The van der Waals surface area contributed by atoms with Crippen LogP contribution in [0.4, 0.5) is 14.5 Å². The quantitative estimate of drug-likeness (QED) is 0.213. The molecule has 0 fully saturated rings. The van der Waals surface area contributed by atoms with Crippen LogP contribution in [0.2, 0.25) is 0 Å². The lowest BCUT2D eigenvalue weighted by Gasteiger charge is -2.10. The average Bonchev–Trinajstić information content (AvgIpc) is 3.19. The molecule has 0 bridgehead atoms. The molecule has 0 radical (unpaired) electrons. The van der Waals surface area contributed by atoms with E-state index in [1.54, 1.807) is 18.5 Å². The zero-order valence-electron chi connectivity index (χ0n) is 17.0. The number of ketones is 1. The monoisotopic (exact) mass is 438 g/mol. The van der Waals surface area contributed by atoms with Crippen LogP contribution < -0.4 is 4.72 Å². The van der Waals surface area contributed by atoms with Gasteiger partial charge in [0.2, 0.25) is 5.78 Å². The highest BCUT2D eigenvalue weighted by Gasteiger charge is 2.24. The van der Waals surface area contributed by atoms with Gasteiger partial charge in [-0.05, 0) is 37.6 Å². The molecule has 0 spiro atoms. The van der Waals surface area contributed by atoms with Crippen molar-refractivity contribution in [2.24, 2.45) is 0 Å². The fourth-order valence-corrected chi connectivity index (χ4v) is 3.81. The number of nitrogens with zero attached hydrogens (tertiary/aromatic N) is 2. The van der Waals surface area contributed by atoms with Crippen LogP contribution in [0.5, 0.6) is 0 Å². The first kappa shape index (κ1) is 21.0. The summed E-state index contributed by atoms with van der Waals surface area (Å²) < 4.78 is 32.4. The van der Waals surface area contributed by atoms with Crippen LogP contribution in [0.25, 0.3) is 22.2 Å². The normalized spacial score (nSPS) is 11.1. The Morgan fingerprint density at radius 3 is 2.68 bits per heavy atom. The first-order chi connectivity index (χ1) is 15.0. The van der Waals surface area contributed by atoms with Crippen molar-refractivity contribution in [3.8, 4) is 11.1 Å². The van der Waals surface area contributed by atoms with Crippen molar-refractivity contribution in [2.75, 3.05) is 10.5 Å².